The van der Waals surface area contributed by atoms with Gasteiger partial charge in [-0.25, -0.2) is 30.3 Å². The molecule has 3 saturated carbocycles. The third kappa shape index (κ3) is 13.6. The zero-order chi connectivity index (χ0) is 52.2. The molecule has 3 aromatic carbocycles. The van der Waals surface area contributed by atoms with Crippen LogP contribution < -0.4 is 20.7 Å². The van der Waals surface area contributed by atoms with Crippen molar-refractivity contribution in [2.75, 3.05) is 94.5 Å². The Balaban J connectivity index is 0.00000800. The van der Waals surface area contributed by atoms with Crippen LogP contribution in [-0.2, 0) is 19.9 Å². The van der Waals surface area contributed by atoms with Crippen LogP contribution in [0.1, 0.15) is 94.8 Å². The first-order valence-corrected chi connectivity index (χ1v) is 29.7. The Bertz CT molecular complexity index is 2630. The molecule has 5 fully saturated rings. The Morgan fingerprint density at radius 3 is 2.04 bits per heavy atom. The molecule has 0 aromatic heterocycles. The van der Waals surface area contributed by atoms with Gasteiger partial charge < -0.3 is 25.8 Å². The van der Waals surface area contributed by atoms with Gasteiger partial charge in [0.25, 0.3) is 25.8 Å². The molecule has 0 radical (unpaired) electrons. The number of sulfonamides is 1. The van der Waals surface area contributed by atoms with Crippen LogP contribution in [-0.4, -0.2) is 140 Å². The zero-order valence-electron chi connectivity index (χ0n) is 42.5. The molecule has 12 nitrogen and oxygen atoms in total. The molecular weight excluding hydrogens is 1040 g/mol. The van der Waals surface area contributed by atoms with E-state index in [1.807, 2.05) is 35.1 Å². The molecule has 21 heteroatoms. The van der Waals surface area contributed by atoms with Gasteiger partial charge in [-0.15, -0.1) is 24.2 Å². The van der Waals surface area contributed by atoms with E-state index < -0.39 is 64.6 Å². The number of piperazine rings is 2. The second-order valence-corrected chi connectivity index (χ2v) is 26.6. The number of hydrogen-bond donors (Lipinski definition) is 3. The maximum absolute atomic E-state index is 14.3. The van der Waals surface area contributed by atoms with E-state index in [2.05, 4.69) is 38.8 Å². The molecule has 4 N–H and O–H groups in total. The molecule has 0 unspecified atom stereocenters. The number of halogens is 6. The van der Waals surface area contributed by atoms with Crippen LogP contribution in [0.25, 0.3) is 0 Å². The molecule has 2 bridgehead atoms. The molecule has 2 aliphatic heterocycles. The van der Waals surface area contributed by atoms with Crippen molar-refractivity contribution in [3.05, 3.63) is 89.5 Å². The van der Waals surface area contributed by atoms with E-state index in [1.165, 1.54) is 35.0 Å². The third-order valence-corrected chi connectivity index (χ3v) is 20.0. The first-order valence-electron chi connectivity index (χ1n) is 25.8. The van der Waals surface area contributed by atoms with Crippen LogP contribution >= 0.6 is 24.2 Å². The summed E-state index contributed by atoms with van der Waals surface area (Å²) in [5, 5.41) is 3.05. The number of anilines is 2. The summed E-state index contributed by atoms with van der Waals surface area (Å²) in [7, 11) is -11.0. The highest BCUT2D eigenvalue weighted by Crippen LogP contribution is 2.79. The van der Waals surface area contributed by atoms with Crippen molar-refractivity contribution in [3.63, 3.8) is 0 Å². The maximum atomic E-state index is 14.3. The average molecular weight is 1110 g/mol. The van der Waals surface area contributed by atoms with Crippen LogP contribution in [0, 0.1) is 16.2 Å². The topological polar surface area (TPSA) is 148 Å². The van der Waals surface area contributed by atoms with Gasteiger partial charge in [-0.1, -0.05) is 56.0 Å². The van der Waals surface area contributed by atoms with E-state index in [1.54, 1.807) is 12.1 Å². The second kappa shape index (κ2) is 24.0. The van der Waals surface area contributed by atoms with E-state index in [9.17, 15) is 43.6 Å². The highest BCUT2D eigenvalue weighted by atomic mass is 35.5. The van der Waals surface area contributed by atoms with Crippen molar-refractivity contribution in [1.29, 1.82) is 0 Å². The van der Waals surface area contributed by atoms with Crippen molar-refractivity contribution in [2.45, 2.75) is 117 Å². The predicted molar refractivity (Wildman–Crippen MR) is 286 cm³/mol. The number of rotatable bonds is 23. The summed E-state index contributed by atoms with van der Waals surface area (Å²) < 4.78 is 126. The Morgan fingerprint density at radius 2 is 1.42 bits per heavy atom. The van der Waals surface area contributed by atoms with E-state index >= 15 is 0 Å². The summed E-state index contributed by atoms with van der Waals surface area (Å²) in [6.45, 7) is 14.0. The number of carbonyl (C=O) groups excluding carboxylic acids is 1. The van der Waals surface area contributed by atoms with Crippen molar-refractivity contribution in [1.82, 2.24) is 19.4 Å². The van der Waals surface area contributed by atoms with Gasteiger partial charge in [-0.3, -0.25) is 9.69 Å². The Morgan fingerprint density at radius 1 is 0.797 bits per heavy atom. The van der Waals surface area contributed by atoms with E-state index in [0.717, 1.165) is 120 Å². The fourth-order valence-corrected chi connectivity index (χ4v) is 14.7. The minimum atomic E-state index is -6.08. The summed E-state index contributed by atoms with van der Waals surface area (Å²) >= 11 is 1.46. The molecule has 0 spiro atoms. The molecule has 9 rings (SSSR count). The number of benzene rings is 3. The minimum Gasteiger partial charge on any atom is -0.380 e. The van der Waals surface area contributed by atoms with Gasteiger partial charge in [0, 0.05) is 98.8 Å². The summed E-state index contributed by atoms with van der Waals surface area (Å²) in [6.07, 6.45) is 7.39. The summed E-state index contributed by atoms with van der Waals surface area (Å²) in [4.78, 5) is 21.6. The highest BCUT2D eigenvalue weighted by molar-refractivity contribution is 7.99. The quantitative estimate of drug-likeness (QED) is 0.0360. The Hall–Kier alpha value is -3.50. The van der Waals surface area contributed by atoms with E-state index in [0.29, 0.717) is 63.7 Å². The molecule has 410 valence electrons. The van der Waals surface area contributed by atoms with Crippen LogP contribution in [0.2, 0.25) is 0 Å². The lowest BCUT2D eigenvalue weighted by molar-refractivity contribution is -0.250. The molecule has 74 heavy (non-hydrogen) atoms. The van der Waals surface area contributed by atoms with Gasteiger partial charge in [-0.2, -0.15) is 13.2 Å². The van der Waals surface area contributed by atoms with E-state index in [-0.39, 0.29) is 28.8 Å². The number of unbranched alkanes of at least 4 members (excludes halogenated alkanes) is 3. The Kier molecular flexibility index (Phi) is 18.9. The first kappa shape index (κ1) is 58.2. The van der Waals surface area contributed by atoms with Crippen LogP contribution in [0.15, 0.2) is 98.6 Å². The fraction of sp³-hybridized carbons (Fsp3) is 0.604. The fourth-order valence-electron chi connectivity index (χ4n) is 11.7. The van der Waals surface area contributed by atoms with Crippen molar-refractivity contribution >= 4 is 61.3 Å². The lowest BCUT2D eigenvalue weighted by atomic mass is 9.32. The second-order valence-electron chi connectivity index (χ2n) is 21.9. The number of nitrogens with zero attached hydrogens (tertiary/aromatic N) is 4. The number of hydrogen-bond acceptors (Lipinski definition) is 12. The highest BCUT2D eigenvalue weighted by Gasteiger charge is 2.73. The first-order chi connectivity index (χ1) is 34.6. The smallest absolute Gasteiger partial charge is 0.380 e. The molecule has 3 aromatic rings. The SMILES string of the molecule is CC1(C)CCC(CN2CCN(c3ccc(C(=O)NS(=O)(=O)c4ccc(N[C@H](CCN5CCN(CCCCCCN)CC5)CSc5ccccc5)c(S(=O)(=O)C(F)(F)F)c4)cc3)CC2)=C(C23CC(C(F)F)(C2)C3)C1.Cl. The molecule has 1 amide bonds. The van der Waals surface area contributed by atoms with Gasteiger partial charge in [0.15, 0.2) is 0 Å². The lowest BCUT2D eigenvalue weighted by Gasteiger charge is -2.72. The number of nitrogens with two attached hydrogens (primary N) is 1. The lowest BCUT2D eigenvalue weighted by Crippen LogP contribution is -2.66. The van der Waals surface area contributed by atoms with Crippen molar-refractivity contribution < 1.29 is 43.6 Å². The monoisotopic (exact) mass is 1110 g/mol. The Labute approximate surface area is 445 Å². The number of thioether (sulfide) groups is 1. The van der Waals surface area contributed by atoms with Crippen molar-refractivity contribution in [2.24, 2.45) is 22.0 Å². The van der Waals surface area contributed by atoms with Crippen LogP contribution in [0.4, 0.5) is 33.3 Å². The average Bonchev–Trinajstić information content (AvgIpc) is 3.32. The predicted octanol–water partition coefficient (Wildman–Crippen LogP) is 9.68. The molecule has 2 saturated heterocycles. The zero-order valence-corrected chi connectivity index (χ0v) is 45.7. The number of sulfone groups is 1. The summed E-state index contributed by atoms with van der Waals surface area (Å²) in [6, 6.07) is 17.7. The molecule has 2 heterocycles. The third-order valence-electron chi connectivity index (χ3n) is 16.0. The van der Waals surface area contributed by atoms with Gasteiger partial charge in [0.2, 0.25) is 6.43 Å². The molecular formula is C53H73ClF5N7O5S3. The van der Waals surface area contributed by atoms with Crippen LogP contribution in [0.3, 0.4) is 0 Å². The molecule has 1 atom stereocenters. The van der Waals surface area contributed by atoms with Gasteiger partial charge in [0.05, 0.1) is 10.6 Å². The maximum Gasteiger partial charge on any atom is 0.501 e. The number of carbonyl (C=O) groups is 1. The van der Waals surface area contributed by atoms with Crippen molar-refractivity contribution in [3.8, 4) is 0 Å². The largest absolute Gasteiger partial charge is 0.501 e. The summed E-state index contributed by atoms with van der Waals surface area (Å²) in [5.74, 6) is -0.667. The molecule has 6 aliphatic rings. The normalized spacial score (nSPS) is 23.2. The summed E-state index contributed by atoms with van der Waals surface area (Å²) in [5.41, 5.74) is 2.44. The number of nitrogens with one attached hydrogen (secondary N) is 2. The van der Waals surface area contributed by atoms with Gasteiger partial charge >= 0.3 is 5.51 Å². The molecule has 4 aliphatic carbocycles. The number of allylic oxidation sites excluding steroid dienone is 1. The van der Waals surface area contributed by atoms with Crippen LogP contribution in [0.5, 0.6) is 0 Å². The standard InChI is InChI=1S/C53H72F5N7O5S3.ClH/c1-50(2)20-18-40(45(33-50)51-36-52(37-51,38-51)49(54)55)34-64-28-30-65(31-29-64)42-14-12-39(13-15-42)48(66)61-73(69,70)44-16-17-46(47(32-44)72(67,68)53(56,57)58)60-41(35-71-43-10-6-5-7-11-43)19-23-63-26-24-62(25-27-63)22-9-4-3-8-21-59;/h5-7,10-17,32,41,49,60H,3-4,8-9,18-31,33-38,59H2,1-2H3,(H,61,66);1H/t41-,51?,52?;/m1./s1. The van der Waals surface area contributed by atoms with Gasteiger partial charge in [-0.05, 0) is 136 Å². The van der Waals surface area contributed by atoms with E-state index in [4.69, 9.17) is 5.73 Å². The van der Waals surface area contributed by atoms with Gasteiger partial charge in [0.1, 0.15) is 4.90 Å². The number of amides is 1. The number of alkyl halides is 5. The minimum absolute atomic E-state index is 0.